The molecule has 0 N–H and O–H groups in total. The lowest BCUT2D eigenvalue weighted by atomic mass is 9.74. The third-order valence-corrected chi connectivity index (χ3v) is 11.3. The van der Waals surface area contributed by atoms with Gasteiger partial charge in [-0.3, -0.25) is 9.59 Å². The van der Waals surface area contributed by atoms with Crippen molar-refractivity contribution >= 4 is 33.0 Å². The van der Waals surface area contributed by atoms with Crippen molar-refractivity contribution in [2.45, 2.75) is 101 Å². The van der Waals surface area contributed by atoms with Crippen LogP contribution in [0.25, 0.3) is 11.1 Å². The van der Waals surface area contributed by atoms with Crippen LogP contribution in [0.3, 0.4) is 0 Å². The van der Waals surface area contributed by atoms with E-state index in [0.29, 0.717) is 13.2 Å². The lowest BCUT2D eigenvalue weighted by Gasteiger charge is -2.43. The summed E-state index contributed by atoms with van der Waals surface area (Å²) in [6.45, 7) is 3.12. The number of nitrogens with zero attached hydrogens (tertiary/aromatic N) is 2. The average Bonchev–Trinajstić information content (AvgIpc) is 3.65. The fourth-order valence-electron chi connectivity index (χ4n) is 7.74. The molecule has 2 aliphatic heterocycles. The maximum atomic E-state index is 14.3. The molecule has 2 aromatic carbocycles. The van der Waals surface area contributed by atoms with Crippen LogP contribution in [-0.2, 0) is 24.2 Å². The largest absolute Gasteiger partial charge is 0.368 e. The van der Waals surface area contributed by atoms with E-state index in [2.05, 4.69) is 0 Å². The van der Waals surface area contributed by atoms with Gasteiger partial charge in [-0.05, 0) is 79.8 Å². The summed E-state index contributed by atoms with van der Waals surface area (Å²) in [5.41, 5.74) is 3.33. The van der Waals surface area contributed by atoms with Gasteiger partial charge in [-0.1, -0.05) is 63.1 Å². The molecule has 1 saturated heterocycles. The van der Waals surface area contributed by atoms with E-state index in [1.165, 1.54) is 38.4 Å². The zero-order valence-electron chi connectivity index (χ0n) is 25.0. The van der Waals surface area contributed by atoms with Crippen molar-refractivity contribution in [1.82, 2.24) is 0 Å². The highest BCUT2D eigenvalue weighted by atomic mass is 32.2. The minimum absolute atomic E-state index is 0.0143. The molecule has 6 rings (SSSR count). The highest BCUT2D eigenvalue weighted by Gasteiger charge is 2.46. The van der Waals surface area contributed by atoms with Crippen LogP contribution in [0.4, 0.5) is 11.4 Å². The van der Waals surface area contributed by atoms with Crippen LogP contribution in [0, 0.1) is 11.3 Å². The Hall–Kier alpha value is -2.71. The number of sulfone groups is 1. The van der Waals surface area contributed by atoms with Gasteiger partial charge in [0.05, 0.1) is 28.9 Å². The van der Waals surface area contributed by atoms with E-state index >= 15 is 0 Å². The monoisotopic (exact) mass is 592 g/mol. The minimum Gasteiger partial charge on any atom is -0.368 e. The summed E-state index contributed by atoms with van der Waals surface area (Å²) in [4.78, 5) is 32.1. The van der Waals surface area contributed by atoms with Gasteiger partial charge in [0, 0.05) is 18.7 Å². The Labute approximate surface area is 250 Å². The van der Waals surface area contributed by atoms with Gasteiger partial charge in [0.2, 0.25) is 5.91 Å². The molecule has 0 aromatic heterocycles. The van der Waals surface area contributed by atoms with Crippen LogP contribution >= 0.6 is 0 Å². The number of carbonyl (C=O) groups is 2. The smallest absolute Gasteiger partial charge is 0.256 e. The van der Waals surface area contributed by atoms with Crippen molar-refractivity contribution in [2.75, 3.05) is 29.2 Å². The Morgan fingerprint density at radius 1 is 0.833 bits per heavy atom. The maximum absolute atomic E-state index is 14.3. The zero-order chi connectivity index (χ0) is 29.5. The number of ether oxygens (including phenoxy) is 1. The SMILES string of the molecule is C[C@H]1CN(C(=O)C2CC3(CCCCCCC3)CO2)c2cc(-c3ccc(S(C)(=O)=O)cc3)ccc2N1C(=O)C1CCCC1. The van der Waals surface area contributed by atoms with Gasteiger partial charge >= 0.3 is 0 Å². The van der Waals surface area contributed by atoms with E-state index < -0.39 is 15.9 Å². The van der Waals surface area contributed by atoms with E-state index in [-0.39, 0.29) is 34.1 Å². The predicted molar refractivity (Wildman–Crippen MR) is 165 cm³/mol. The van der Waals surface area contributed by atoms with Gasteiger partial charge in [0.15, 0.2) is 9.84 Å². The van der Waals surface area contributed by atoms with Crippen molar-refractivity contribution < 1.29 is 22.7 Å². The number of carbonyl (C=O) groups excluding carboxylic acids is 2. The fourth-order valence-corrected chi connectivity index (χ4v) is 8.37. The number of anilines is 2. The number of rotatable bonds is 4. The summed E-state index contributed by atoms with van der Waals surface area (Å²) in [5, 5.41) is 0. The van der Waals surface area contributed by atoms with Gasteiger partial charge in [0.25, 0.3) is 5.91 Å². The molecule has 1 unspecified atom stereocenters. The van der Waals surface area contributed by atoms with E-state index in [4.69, 9.17) is 4.74 Å². The second-order valence-electron chi connectivity index (χ2n) is 13.3. The molecule has 2 heterocycles. The molecule has 3 fully saturated rings. The summed E-state index contributed by atoms with van der Waals surface area (Å²) < 4.78 is 30.3. The molecule has 2 amide bonds. The highest BCUT2D eigenvalue weighted by Crippen LogP contribution is 2.46. The summed E-state index contributed by atoms with van der Waals surface area (Å²) in [5.74, 6) is 0.173. The van der Waals surface area contributed by atoms with Crippen LogP contribution < -0.4 is 9.80 Å². The first-order chi connectivity index (χ1) is 20.2. The molecule has 7 nitrogen and oxygen atoms in total. The number of fused-ring (bicyclic) bond motifs is 1. The van der Waals surface area contributed by atoms with E-state index in [1.807, 2.05) is 34.9 Å². The van der Waals surface area contributed by atoms with Crippen LogP contribution in [-0.4, -0.2) is 51.8 Å². The molecular weight excluding hydrogens is 548 g/mol. The summed E-state index contributed by atoms with van der Waals surface area (Å²) in [7, 11) is -3.30. The Balaban J connectivity index is 1.34. The lowest BCUT2D eigenvalue weighted by Crippen LogP contribution is -2.55. The molecule has 2 saturated carbocycles. The summed E-state index contributed by atoms with van der Waals surface area (Å²) in [6, 6.07) is 12.6. The number of hydrogen-bond donors (Lipinski definition) is 0. The molecule has 8 heteroatoms. The second-order valence-corrected chi connectivity index (χ2v) is 15.3. The van der Waals surface area contributed by atoms with Crippen molar-refractivity contribution in [3.05, 3.63) is 42.5 Å². The molecular formula is C34H44N2O5S. The van der Waals surface area contributed by atoms with Crippen LogP contribution in [0.1, 0.15) is 84.0 Å². The van der Waals surface area contributed by atoms with Crippen molar-refractivity contribution in [3.63, 3.8) is 0 Å². The topological polar surface area (TPSA) is 84.0 Å². The van der Waals surface area contributed by atoms with Crippen LogP contribution in [0.5, 0.6) is 0 Å². The second kappa shape index (κ2) is 11.8. The highest BCUT2D eigenvalue weighted by molar-refractivity contribution is 7.90. The first kappa shape index (κ1) is 29.4. The molecule has 2 aromatic rings. The molecule has 4 aliphatic rings. The summed E-state index contributed by atoms with van der Waals surface area (Å²) >= 11 is 0. The Morgan fingerprint density at radius 3 is 2.14 bits per heavy atom. The third kappa shape index (κ3) is 5.77. The van der Waals surface area contributed by atoms with Gasteiger partial charge in [0.1, 0.15) is 6.10 Å². The Bertz CT molecular complexity index is 1420. The number of benzene rings is 2. The molecule has 0 radical (unpaired) electrons. The van der Waals surface area contributed by atoms with E-state index in [1.54, 1.807) is 24.3 Å². The minimum atomic E-state index is -3.30. The third-order valence-electron chi connectivity index (χ3n) is 10.1. The number of hydrogen-bond acceptors (Lipinski definition) is 5. The van der Waals surface area contributed by atoms with Crippen molar-refractivity contribution in [3.8, 4) is 11.1 Å². The van der Waals surface area contributed by atoms with Gasteiger partial charge in [-0.2, -0.15) is 0 Å². The molecule has 42 heavy (non-hydrogen) atoms. The van der Waals surface area contributed by atoms with Crippen molar-refractivity contribution in [1.29, 1.82) is 0 Å². The Morgan fingerprint density at radius 2 is 1.48 bits per heavy atom. The molecule has 2 atom stereocenters. The standard InChI is InChI=1S/C34H44N2O5S/c1-24-22-35(33(38)31-21-34(23-41-31)18-8-4-3-5-9-19-34)30-20-27(25-12-15-28(16-13-25)42(2,39)40)14-17-29(30)36(24)32(37)26-10-6-7-11-26/h12-17,20,24,26,31H,3-11,18-19,21-23H2,1-2H3/t24-,31?/m0/s1. The van der Waals surface area contributed by atoms with Crippen LogP contribution in [0.2, 0.25) is 0 Å². The quantitative estimate of drug-likeness (QED) is 0.403. The maximum Gasteiger partial charge on any atom is 0.256 e. The fraction of sp³-hybridized carbons (Fsp3) is 0.588. The van der Waals surface area contributed by atoms with E-state index in [0.717, 1.165) is 67.4 Å². The van der Waals surface area contributed by atoms with Gasteiger partial charge in [-0.25, -0.2) is 8.42 Å². The first-order valence-corrected chi connectivity index (χ1v) is 17.7. The predicted octanol–water partition coefficient (Wildman–Crippen LogP) is 6.54. The van der Waals surface area contributed by atoms with Gasteiger partial charge in [-0.15, -0.1) is 0 Å². The van der Waals surface area contributed by atoms with E-state index in [9.17, 15) is 18.0 Å². The molecule has 2 aliphatic carbocycles. The molecule has 1 spiro atoms. The first-order valence-electron chi connectivity index (χ1n) is 15.9. The van der Waals surface area contributed by atoms with Crippen LogP contribution in [0.15, 0.2) is 47.4 Å². The summed E-state index contributed by atoms with van der Waals surface area (Å²) in [6.07, 6.45) is 14.0. The Kier molecular flexibility index (Phi) is 8.22. The molecule has 226 valence electrons. The van der Waals surface area contributed by atoms with Gasteiger partial charge < -0.3 is 14.5 Å². The van der Waals surface area contributed by atoms with Crippen molar-refractivity contribution in [2.24, 2.45) is 11.3 Å². The zero-order valence-corrected chi connectivity index (χ0v) is 25.8. The lowest BCUT2D eigenvalue weighted by molar-refractivity contribution is -0.128. The average molecular weight is 593 g/mol. The normalized spacial score (nSPS) is 24.8. The number of amides is 2. The molecule has 0 bridgehead atoms.